The maximum absolute atomic E-state index is 11.5. The van der Waals surface area contributed by atoms with Crippen molar-refractivity contribution in [2.45, 2.75) is 20.8 Å². The fourth-order valence-corrected chi connectivity index (χ4v) is 1.50. The van der Waals surface area contributed by atoms with Gasteiger partial charge >= 0.3 is 5.97 Å². The zero-order chi connectivity index (χ0) is 12.8. The van der Waals surface area contributed by atoms with Gasteiger partial charge in [-0.1, -0.05) is 13.8 Å². The van der Waals surface area contributed by atoms with E-state index in [0.29, 0.717) is 17.9 Å². The van der Waals surface area contributed by atoms with Crippen LogP contribution in [0.5, 0.6) is 0 Å². The molecule has 92 valence electrons. The summed E-state index contributed by atoms with van der Waals surface area (Å²) < 4.78 is 4.91. The lowest BCUT2D eigenvalue weighted by Gasteiger charge is -2.05. The van der Waals surface area contributed by atoms with Gasteiger partial charge in [-0.25, -0.2) is 4.79 Å². The molecule has 0 saturated carbocycles. The van der Waals surface area contributed by atoms with E-state index in [0.717, 1.165) is 10.9 Å². The minimum Gasteiger partial charge on any atom is -0.462 e. The largest absolute Gasteiger partial charge is 0.462 e. The highest BCUT2D eigenvalue weighted by Crippen LogP contribution is 2.21. The number of ether oxygens (including phenoxy) is 1. The van der Waals surface area contributed by atoms with E-state index in [9.17, 15) is 4.79 Å². The molecule has 2 rings (SSSR count). The number of hydrogen-bond acceptors (Lipinski definition) is 3. The average Bonchev–Trinajstić information content (AvgIpc) is 2.78. The summed E-state index contributed by atoms with van der Waals surface area (Å²) in [6.45, 7) is 6.12. The minimum atomic E-state index is -0.377. The highest BCUT2D eigenvalue weighted by Gasteiger charge is 2.11. The van der Waals surface area contributed by atoms with Crippen molar-refractivity contribution in [2.75, 3.05) is 12.3 Å². The Labute approximate surface area is 101 Å². The standard InChI is InChI=1S/C11H12N2O2.C2H6/c1-2-15-11(14)8-5-7-3-4-13-10(7)6-9(8)12;1-2/h3-6,13H,2,12H2,1H3;1-2H3. The van der Waals surface area contributed by atoms with Crippen LogP contribution in [0.1, 0.15) is 31.1 Å². The number of benzene rings is 1. The van der Waals surface area contributed by atoms with Crippen molar-refractivity contribution >= 4 is 22.6 Å². The van der Waals surface area contributed by atoms with E-state index in [-0.39, 0.29) is 5.97 Å². The Hall–Kier alpha value is -1.97. The number of nitrogen functional groups attached to an aromatic ring is 1. The molecule has 0 aliphatic rings. The lowest BCUT2D eigenvalue weighted by molar-refractivity contribution is 0.0528. The lowest BCUT2D eigenvalue weighted by Crippen LogP contribution is -2.07. The van der Waals surface area contributed by atoms with E-state index in [1.54, 1.807) is 25.3 Å². The van der Waals surface area contributed by atoms with Gasteiger partial charge in [0.15, 0.2) is 0 Å². The topological polar surface area (TPSA) is 68.1 Å². The molecule has 0 fully saturated rings. The number of hydrogen-bond donors (Lipinski definition) is 2. The van der Waals surface area contributed by atoms with Crippen LogP contribution >= 0.6 is 0 Å². The van der Waals surface area contributed by atoms with Gasteiger partial charge < -0.3 is 15.5 Å². The summed E-state index contributed by atoms with van der Waals surface area (Å²) in [7, 11) is 0. The molecule has 0 atom stereocenters. The van der Waals surface area contributed by atoms with Crippen molar-refractivity contribution in [3.8, 4) is 0 Å². The second-order valence-electron chi connectivity index (χ2n) is 3.22. The van der Waals surface area contributed by atoms with Crippen LogP contribution in [0.15, 0.2) is 24.4 Å². The number of H-pyrrole nitrogens is 1. The number of anilines is 1. The van der Waals surface area contributed by atoms with Gasteiger partial charge in [-0.05, 0) is 25.1 Å². The van der Waals surface area contributed by atoms with Gasteiger partial charge in [0, 0.05) is 22.8 Å². The molecular formula is C13H18N2O2. The number of nitrogens with two attached hydrogens (primary N) is 1. The Morgan fingerprint density at radius 3 is 2.76 bits per heavy atom. The van der Waals surface area contributed by atoms with Gasteiger partial charge in [0.2, 0.25) is 0 Å². The molecular weight excluding hydrogens is 216 g/mol. The van der Waals surface area contributed by atoms with Gasteiger partial charge in [0.1, 0.15) is 0 Å². The van der Waals surface area contributed by atoms with Gasteiger partial charge in [0.25, 0.3) is 0 Å². The molecule has 1 aromatic heterocycles. The summed E-state index contributed by atoms with van der Waals surface area (Å²) >= 11 is 0. The monoisotopic (exact) mass is 234 g/mol. The van der Waals surface area contributed by atoms with E-state index in [1.165, 1.54) is 0 Å². The van der Waals surface area contributed by atoms with Crippen molar-refractivity contribution < 1.29 is 9.53 Å². The fraction of sp³-hybridized carbons (Fsp3) is 0.308. The zero-order valence-electron chi connectivity index (χ0n) is 10.4. The molecule has 1 aromatic carbocycles. The minimum absolute atomic E-state index is 0.351. The molecule has 1 heterocycles. The molecule has 0 spiro atoms. The second kappa shape index (κ2) is 5.94. The van der Waals surface area contributed by atoms with Crippen LogP contribution in [0.3, 0.4) is 0 Å². The molecule has 0 unspecified atom stereocenters. The SMILES string of the molecule is CC.CCOC(=O)c1cc2cc[nH]c2cc1N. The van der Waals surface area contributed by atoms with E-state index < -0.39 is 0 Å². The Bertz CT molecular complexity index is 503. The first kappa shape index (κ1) is 13.1. The Morgan fingerprint density at radius 1 is 1.41 bits per heavy atom. The van der Waals surface area contributed by atoms with Crippen molar-refractivity contribution in [3.63, 3.8) is 0 Å². The van der Waals surface area contributed by atoms with Gasteiger partial charge in [-0.15, -0.1) is 0 Å². The maximum atomic E-state index is 11.5. The van der Waals surface area contributed by atoms with Crippen molar-refractivity contribution in [1.82, 2.24) is 4.98 Å². The summed E-state index contributed by atoms with van der Waals surface area (Å²) in [6.07, 6.45) is 1.80. The van der Waals surface area contributed by atoms with E-state index >= 15 is 0 Å². The Balaban J connectivity index is 0.000000686. The number of carbonyl (C=O) groups is 1. The first-order chi connectivity index (χ1) is 8.22. The Morgan fingerprint density at radius 2 is 2.12 bits per heavy atom. The average molecular weight is 234 g/mol. The van der Waals surface area contributed by atoms with Crippen LogP contribution in [0, 0.1) is 0 Å². The molecule has 0 aliphatic heterocycles. The molecule has 0 aliphatic carbocycles. The van der Waals surface area contributed by atoms with Gasteiger partial charge in [-0.3, -0.25) is 0 Å². The van der Waals surface area contributed by atoms with E-state index in [2.05, 4.69) is 4.98 Å². The maximum Gasteiger partial charge on any atom is 0.340 e. The number of aromatic nitrogens is 1. The summed E-state index contributed by atoms with van der Waals surface area (Å²) in [5.41, 5.74) is 7.53. The molecule has 3 N–H and O–H groups in total. The molecule has 0 amide bonds. The zero-order valence-corrected chi connectivity index (χ0v) is 10.4. The first-order valence-electron chi connectivity index (χ1n) is 5.76. The van der Waals surface area contributed by atoms with Crippen molar-refractivity contribution in [3.05, 3.63) is 30.0 Å². The third kappa shape index (κ3) is 2.78. The predicted octanol–water partition coefficient (Wildman–Crippen LogP) is 2.95. The molecule has 0 bridgehead atoms. The molecule has 4 heteroatoms. The molecule has 17 heavy (non-hydrogen) atoms. The normalized spacial score (nSPS) is 9.59. The van der Waals surface area contributed by atoms with E-state index in [4.69, 9.17) is 10.5 Å². The third-order valence-corrected chi connectivity index (χ3v) is 2.22. The number of carbonyl (C=O) groups excluding carboxylic acids is 1. The first-order valence-corrected chi connectivity index (χ1v) is 5.76. The number of esters is 1. The van der Waals surface area contributed by atoms with Gasteiger partial charge in [0.05, 0.1) is 12.2 Å². The fourth-order valence-electron chi connectivity index (χ4n) is 1.50. The van der Waals surface area contributed by atoms with Crippen molar-refractivity contribution in [2.24, 2.45) is 0 Å². The summed E-state index contributed by atoms with van der Waals surface area (Å²) in [4.78, 5) is 14.5. The third-order valence-electron chi connectivity index (χ3n) is 2.22. The van der Waals surface area contributed by atoms with Gasteiger partial charge in [-0.2, -0.15) is 0 Å². The molecule has 0 radical (unpaired) electrons. The highest BCUT2D eigenvalue weighted by atomic mass is 16.5. The lowest BCUT2D eigenvalue weighted by atomic mass is 10.1. The summed E-state index contributed by atoms with van der Waals surface area (Å²) in [6, 6.07) is 5.36. The quantitative estimate of drug-likeness (QED) is 0.620. The molecule has 0 saturated heterocycles. The smallest absolute Gasteiger partial charge is 0.340 e. The van der Waals surface area contributed by atoms with Crippen LogP contribution in [0.25, 0.3) is 10.9 Å². The number of aromatic amines is 1. The van der Waals surface area contributed by atoms with Crippen LogP contribution in [-0.2, 0) is 4.74 Å². The van der Waals surface area contributed by atoms with Crippen LogP contribution in [-0.4, -0.2) is 17.6 Å². The molecule has 4 nitrogen and oxygen atoms in total. The summed E-state index contributed by atoms with van der Waals surface area (Å²) in [5, 5.41) is 0.951. The van der Waals surface area contributed by atoms with Crippen molar-refractivity contribution in [1.29, 1.82) is 0 Å². The summed E-state index contributed by atoms with van der Waals surface area (Å²) in [5.74, 6) is -0.377. The number of rotatable bonds is 2. The van der Waals surface area contributed by atoms with E-state index in [1.807, 2.05) is 19.9 Å². The molecule has 2 aromatic rings. The number of nitrogens with one attached hydrogen (secondary N) is 1. The Kier molecular flexibility index (Phi) is 4.57. The van der Waals surface area contributed by atoms with Crippen LogP contribution in [0.4, 0.5) is 5.69 Å². The predicted molar refractivity (Wildman–Crippen MR) is 70.0 cm³/mol. The number of fused-ring (bicyclic) bond motifs is 1. The highest BCUT2D eigenvalue weighted by molar-refractivity contribution is 6.00. The van der Waals surface area contributed by atoms with Crippen LogP contribution < -0.4 is 5.73 Å². The van der Waals surface area contributed by atoms with Crippen LogP contribution in [0.2, 0.25) is 0 Å². The second-order valence-corrected chi connectivity index (χ2v) is 3.22.